The number of hydrogen-bond acceptors (Lipinski definition) is 5. The summed E-state index contributed by atoms with van der Waals surface area (Å²) in [5, 5.41) is 12.2. The van der Waals surface area contributed by atoms with Crippen LogP contribution in [0.15, 0.2) is 18.2 Å². The highest BCUT2D eigenvalue weighted by Crippen LogP contribution is 2.24. The summed E-state index contributed by atoms with van der Waals surface area (Å²) in [5.41, 5.74) is 0.408. The van der Waals surface area contributed by atoms with Crippen molar-refractivity contribution in [2.75, 3.05) is 13.7 Å². The molecule has 1 aliphatic heterocycles. The molecule has 0 aromatic heterocycles. The number of nitrogens with zero attached hydrogens (tertiary/aromatic N) is 1. The van der Waals surface area contributed by atoms with E-state index in [-0.39, 0.29) is 18.1 Å². The molecule has 5 nitrogen and oxygen atoms in total. The van der Waals surface area contributed by atoms with Gasteiger partial charge in [-0.3, -0.25) is 4.79 Å². The number of benzene rings is 1. The number of carbonyl (C=O) groups is 1. The second-order valence-corrected chi connectivity index (χ2v) is 4.62. The third-order valence-electron chi connectivity index (χ3n) is 2.94. The molecule has 0 spiro atoms. The fourth-order valence-electron chi connectivity index (χ4n) is 1.97. The number of methoxy groups -OCH3 is 1. The number of carbonyl (C=O) groups excluding carboxylic acids is 1. The largest absolute Gasteiger partial charge is 0.489 e. The van der Waals surface area contributed by atoms with Gasteiger partial charge in [0.1, 0.15) is 24.0 Å². The van der Waals surface area contributed by atoms with Crippen molar-refractivity contribution >= 4 is 17.6 Å². The van der Waals surface area contributed by atoms with Gasteiger partial charge < -0.3 is 14.8 Å². The Kier molecular flexibility index (Phi) is 4.25. The van der Waals surface area contributed by atoms with Crippen LogP contribution in [-0.2, 0) is 9.53 Å². The Morgan fingerprint density at radius 3 is 3.00 bits per heavy atom. The Balaban J connectivity index is 1.98. The smallest absolute Gasteiger partial charge is 0.323 e. The number of rotatable bonds is 3. The number of esters is 1. The van der Waals surface area contributed by atoms with Crippen molar-refractivity contribution in [1.29, 1.82) is 5.26 Å². The molecule has 0 saturated carbocycles. The molecule has 1 aliphatic rings. The van der Waals surface area contributed by atoms with Gasteiger partial charge in [0.15, 0.2) is 0 Å². The second-order valence-electron chi connectivity index (χ2n) is 4.21. The predicted molar refractivity (Wildman–Crippen MR) is 69.0 cm³/mol. The molecule has 0 unspecified atom stereocenters. The van der Waals surface area contributed by atoms with Gasteiger partial charge in [0, 0.05) is 19.0 Å². The Morgan fingerprint density at radius 2 is 2.37 bits per heavy atom. The quantitative estimate of drug-likeness (QED) is 0.850. The van der Waals surface area contributed by atoms with E-state index in [9.17, 15) is 4.79 Å². The van der Waals surface area contributed by atoms with E-state index >= 15 is 0 Å². The maximum atomic E-state index is 11.4. The SMILES string of the molecule is COC(=O)[C@@H]1C[C@H](Oc2ccc(C#N)c(Cl)c2)CN1. The molecule has 1 N–H and O–H groups in total. The average Bonchev–Trinajstić information content (AvgIpc) is 2.86. The van der Waals surface area contributed by atoms with Crippen molar-refractivity contribution in [3.8, 4) is 11.8 Å². The van der Waals surface area contributed by atoms with Crippen LogP contribution in [0, 0.1) is 11.3 Å². The van der Waals surface area contributed by atoms with E-state index in [4.69, 9.17) is 21.6 Å². The summed E-state index contributed by atoms with van der Waals surface area (Å²) in [4.78, 5) is 11.4. The molecule has 2 rings (SSSR count). The molecule has 1 heterocycles. The molecule has 19 heavy (non-hydrogen) atoms. The third kappa shape index (κ3) is 3.16. The summed E-state index contributed by atoms with van der Waals surface area (Å²) in [6.45, 7) is 0.567. The molecule has 0 amide bonds. The fraction of sp³-hybridized carbons (Fsp3) is 0.385. The topological polar surface area (TPSA) is 71.3 Å². The van der Waals surface area contributed by atoms with Gasteiger partial charge in [0.2, 0.25) is 0 Å². The predicted octanol–water partition coefficient (Wildman–Crippen LogP) is 1.49. The van der Waals surface area contributed by atoms with E-state index in [2.05, 4.69) is 10.1 Å². The van der Waals surface area contributed by atoms with Crippen molar-refractivity contribution < 1.29 is 14.3 Å². The first-order chi connectivity index (χ1) is 9.13. The number of hydrogen-bond donors (Lipinski definition) is 1. The summed E-state index contributed by atoms with van der Waals surface area (Å²) in [6, 6.07) is 6.56. The summed E-state index contributed by atoms with van der Waals surface area (Å²) in [6.07, 6.45) is 0.428. The zero-order chi connectivity index (χ0) is 13.8. The Bertz CT molecular complexity index is 527. The standard InChI is InChI=1S/C13H13ClN2O3/c1-18-13(17)12-5-10(7-16-12)19-9-3-2-8(6-15)11(14)4-9/h2-4,10,12,16H,5,7H2,1H3/t10-,12-/m0/s1. The van der Waals surface area contributed by atoms with Crippen LogP contribution in [-0.4, -0.2) is 31.8 Å². The van der Waals surface area contributed by atoms with Gasteiger partial charge in [-0.15, -0.1) is 0 Å². The number of nitriles is 1. The zero-order valence-corrected chi connectivity index (χ0v) is 11.1. The highest BCUT2D eigenvalue weighted by Gasteiger charge is 2.31. The van der Waals surface area contributed by atoms with Gasteiger partial charge in [0.25, 0.3) is 0 Å². The van der Waals surface area contributed by atoms with E-state index < -0.39 is 0 Å². The molecule has 0 radical (unpaired) electrons. The minimum Gasteiger partial charge on any atom is -0.489 e. The van der Waals surface area contributed by atoms with Crippen LogP contribution >= 0.6 is 11.6 Å². The van der Waals surface area contributed by atoms with E-state index in [1.165, 1.54) is 7.11 Å². The lowest BCUT2D eigenvalue weighted by molar-refractivity contribution is -0.142. The van der Waals surface area contributed by atoms with Crippen LogP contribution in [0.5, 0.6) is 5.75 Å². The van der Waals surface area contributed by atoms with Crippen molar-refractivity contribution in [3.05, 3.63) is 28.8 Å². The van der Waals surface area contributed by atoms with Gasteiger partial charge in [-0.05, 0) is 12.1 Å². The van der Waals surface area contributed by atoms with Gasteiger partial charge in [-0.2, -0.15) is 5.26 Å². The number of ether oxygens (including phenoxy) is 2. The van der Waals surface area contributed by atoms with E-state index in [0.29, 0.717) is 29.3 Å². The summed E-state index contributed by atoms with van der Waals surface area (Å²) >= 11 is 5.92. The lowest BCUT2D eigenvalue weighted by Gasteiger charge is -2.13. The van der Waals surface area contributed by atoms with Crippen LogP contribution in [0.2, 0.25) is 5.02 Å². The molecule has 1 aromatic rings. The molecular weight excluding hydrogens is 268 g/mol. The second kappa shape index (κ2) is 5.91. The number of nitrogens with one attached hydrogen (secondary N) is 1. The molecule has 1 aromatic carbocycles. The zero-order valence-electron chi connectivity index (χ0n) is 10.4. The molecule has 0 aliphatic carbocycles. The van der Waals surface area contributed by atoms with Gasteiger partial charge >= 0.3 is 5.97 Å². The monoisotopic (exact) mass is 280 g/mol. The highest BCUT2D eigenvalue weighted by molar-refractivity contribution is 6.31. The molecule has 6 heteroatoms. The fourth-order valence-corrected chi connectivity index (χ4v) is 2.18. The van der Waals surface area contributed by atoms with Crippen LogP contribution in [0.3, 0.4) is 0 Å². The molecule has 1 fully saturated rings. The van der Waals surface area contributed by atoms with Gasteiger partial charge in [-0.25, -0.2) is 0 Å². The highest BCUT2D eigenvalue weighted by atomic mass is 35.5. The van der Waals surface area contributed by atoms with Crippen LogP contribution in [0.1, 0.15) is 12.0 Å². The van der Waals surface area contributed by atoms with E-state index in [0.717, 1.165) is 0 Å². The van der Waals surface area contributed by atoms with Crippen molar-refractivity contribution in [1.82, 2.24) is 5.32 Å². The molecule has 2 atom stereocenters. The van der Waals surface area contributed by atoms with Crippen LogP contribution in [0.25, 0.3) is 0 Å². The summed E-state index contributed by atoms with van der Waals surface area (Å²) < 4.78 is 10.4. The number of halogens is 1. The minimum atomic E-state index is -0.330. The maximum absolute atomic E-state index is 11.4. The Hall–Kier alpha value is -1.77. The van der Waals surface area contributed by atoms with Crippen molar-refractivity contribution in [3.63, 3.8) is 0 Å². The van der Waals surface area contributed by atoms with Crippen LogP contribution < -0.4 is 10.1 Å². The Morgan fingerprint density at radius 1 is 1.58 bits per heavy atom. The van der Waals surface area contributed by atoms with Gasteiger partial charge in [0.05, 0.1) is 17.7 Å². The molecule has 100 valence electrons. The first-order valence-electron chi connectivity index (χ1n) is 5.81. The third-order valence-corrected chi connectivity index (χ3v) is 3.25. The van der Waals surface area contributed by atoms with Crippen molar-refractivity contribution in [2.45, 2.75) is 18.6 Å². The first kappa shape index (κ1) is 13.7. The lowest BCUT2D eigenvalue weighted by atomic mass is 10.2. The summed E-state index contributed by atoms with van der Waals surface area (Å²) in [5.74, 6) is 0.297. The molecular formula is C13H13ClN2O3. The normalized spacial score (nSPS) is 21.7. The van der Waals surface area contributed by atoms with Crippen LogP contribution in [0.4, 0.5) is 0 Å². The van der Waals surface area contributed by atoms with Crippen molar-refractivity contribution in [2.24, 2.45) is 0 Å². The maximum Gasteiger partial charge on any atom is 0.323 e. The summed E-state index contributed by atoms with van der Waals surface area (Å²) in [7, 11) is 1.36. The molecule has 1 saturated heterocycles. The Labute approximate surface area is 116 Å². The van der Waals surface area contributed by atoms with E-state index in [1.807, 2.05) is 6.07 Å². The minimum absolute atomic E-state index is 0.117. The van der Waals surface area contributed by atoms with Gasteiger partial charge in [-0.1, -0.05) is 11.6 Å². The first-order valence-corrected chi connectivity index (χ1v) is 6.19. The lowest BCUT2D eigenvalue weighted by Crippen LogP contribution is -2.31. The average molecular weight is 281 g/mol. The molecule has 0 bridgehead atoms. The van der Waals surface area contributed by atoms with E-state index in [1.54, 1.807) is 18.2 Å².